The van der Waals surface area contributed by atoms with E-state index in [0.717, 1.165) is 16.9 Å². The maximum atomic E-state index is 8.77. The number of hydrogen-bond donors (Lipinski definition) is 2. The van der Waals surface area contributed by atoms with Gasteiger partial charge in [-0.25, -0.2) is 0 Å². The van der Waals surface area contributed by atoms with Crippen molar-refractivity contribution < 1.29 is 9.84 Å². The van der Waals surface area contributed by atoms with Crippen LogP contribution in [-0.2, 0) is 0 Å². The molecule has 1 aromatic rings. The first kappa shape index (κ1) is 11.0. The fourth-order valence-corrected chi connectivity index (χ4v) is 1.37. The first-order valence-electron chi connectivity index (χ1n) is 4.70. The number of ether oxygens (including phenoxy) is 1. The average Bonchev–Trinajstić information content (AvgIpc) is 2.19. The quantitative estimate of drug-likeness (QED) is 0.763. The molecular formula is C11H17NO2. The minimum atomic E-state index is -0.116. The van der Waals surface area contributed by atoms with Crippen LogP contribution in [-0.4, -0.2) is 18.8 Å². The average molecular weight is 195 g/mol. The highest BCUT2D eigenvalue weighted by atomic mass is 16.5. The Hall–Kier alpha value is -1.06. The first-order valence-corrected chi connectivity index (χ1v) is 4.70. The third-order valence-corrected chi connectivity index (χ3v) is 2.30. The lowest BCUT2D eigenvalue weighted by Crippen LogP contribution is -2.12. The molecule has 0 saturated heterocycles. The van der Waals surface area contributed by atoms with Gasteiger partial charge in [-0.15, -0.1) is 0 Å². The highest BCUT2D eigenvalue weighted by Gasteiger charge is 2.07. The number of aryl methyl sites for hydroxylation is 1. The molecule has 78 valence electrons. The standard InChI is InChI=1S/C11H17NO2/c1-8-3-4-9(7-11(8)14-2)10(12)5-6-13/h3-4,7,10,13H,5-6,12H2,1-2H3/t10-/m0/s1. The predicted octanol–water partition coefficient (Wildman–Crippen LogP) is 1.39. The molecule has 0 radical (unpaired) electrons. The Kier molecular flexibility index (Phi) is 3.92. The lowest BCUT2D eigenvalue weighted by Gasteiger charge is -2.13. The van der Waals surface area contributed by atoms with Crippen LogP contribution in [0.25, 0.3) is 0 Å². The van der Waals surface area contributed by atoms with E-state index in [1.807, 2.05) is 25.1 Å². The molecule has 0 unspecified atom stereocenters. The molecule has 1 aromatic carbocycles. The second kappa shape index (κ2) is 4.98. The minimum absolute atomic E-state index is 0.108. The Balaban J connectivity index is 2.88. The number of aliphatic hydroxyl groups excluding tert-OH is 1. The van der Waals surface area contributed by atoms with Crippen molar-refractivity contribution in [2.75, 3.05) is 13.7 Å². The van der Waals surface area contributed by atoms with Crippen LogP contribution >= 0.6 is 0 Å². The molecule has 0 heterocycles. The maximum Gasteiger partial charge on any atom is 0.122 e. The summed E-state index contributed by atoms with van der Waals surface area (Å²) < 4.78 is 5.20. The normalized spacial score (nSPS) is 12.6. The highest BCUT2D eigenvalue weighted by Crippen LogP contribution is 2.23. The Morgan fingerprint density at radius 2 is 2.21 bits per heavy atom. The van der Waals surface area contributed by atoms with Crippen LogP contribution in [0, 0.1) is 6.92 Å². The zero-order valence-electron chi connectivity index (χ0n) is 8.66. The lowest BCUT2D eigenvalue weighted by molar-refractivity contribution is 0.276. The highest BCUT2D eigenvalue weighted by molar-refractivity contribution is 5.37. The third kappa shape index (κ3) is 2.47. The smallest absolute Gasteiger partial charge is 0.122 e. The number of hydrogen-bond acceptors (Lipinski definition) is 3. The zero-order chi connectivity index (χ0) is 10.6. The maximum absolute atomic E-state index is 8.77. The van der Waals surface area contributed by atoms with Gasteiger partial charge in [0.2, 0.25) is 0 Å². The van der Waals surface area contributed by atoms with Crippen molar-refractivity contribution in [2.45, 2.75) is 19.4 Å². The van der Waals surface area contributed by atoms with Crippen molar-refractivity contribution in [3.8, 4) is 5.75 Å². The van der Waals surface area contributed by atoms with Gasteiger partial charge in [0.05, 0.1) is 7.11 Å². The van der Waals surface area contributed by atoms with Crippen molar-refractivity contribution in [1.29, 1.82) is 0 Å². The van der Waals surface area contributed by atoms with E-state index in [-0.39, 0.29) is 12.6 Å². The van der Waals surface area contributed by atoms with Gasteiger partial charge in [-0.1, -0.05) is 12.1 Å². The summed E-state index contributed by atoms with van der Waals surface area (Å²) in [6.07, 6.45) is 0.576. The van der Waals surface area contributed by atoms with Crippen LogP contribution < -0.4 is 10.5 Å². The lowest BCUT2D eigenvalue weighted by atomic mass is 10.0. The molecule has 0 aliphatic heterocycles. The molecule has 3 heteroatoms. The molecule has 14 heavy (non-hydrogen) atoms. The molecular weight excluding hydrogens is 178 g/mol. The van der Waals surface area contributed by atoms with Crippen LogP contribution in [0.4, 0.5) is 0 Å². The molecule has 0 bridgehead atoms. The monoisotopic (exact) mass is 195 g/mol. The van der Waals surface area contributed by atoms with Crippen molar-refractivity contribution in [2.24, 2.45) is 5.73 Å². The molecule has 0 fully saturated rings. The summed E-state index contributed by atoms with van der Waals surface area (Å²) >= 11 is 0. The fourth-order valence-electron chi connectivity index (χ4n) is 1.37. The largest absolute Gasteiger partial charge is 0.496 e. The molecule has 0 amide bonds. The van der Waals surface area contributed by atoms with Crippen LogP contribution in [0.2, 0.25) is 0 Å². The number of methoxy groups -OCH3 is 1. The number of benzene rings is 1. The second-order valence-electron chi connectivity index (χ2n) is 3.35. The SMILES string of the molecule is COc1cc([C@@H](N)CCO)ccc1C. The van der Waals surface area contributed by atoms with Gasteiger partial charge < -0.3 is 15.6 Å². The number of nitrogens with two attached hydrogens (primary N) is 1. The summed E-state index contributed by atoms with van der Waals surface area (Å²) in [6, 6.07) is 5.76. The van der Waals surface area contributed by atoms with Gasteiger partial charge in [-0.2, -0.15) is 0 Å². The summed E-state index contributed by atoms with van der Waals surface area (Å²) in [6.45, 7) is 2.09. The fraction of sp³-hybridized carbons (Fsp3) is 0.455. The molecule has 0 saturated carbocycles. The molecule has 3 nitrogen and oxygen atoms in total. The van der Waals surface area contributed by atoms with Crippen molar-refractivity contribution >= 4 is 0 Å². The molecule has 0 aliphatic carbocycles. The Morgan fingerprint density at radius 1 is 1.50 bits per heavy atom. The third-order valence-electron chi connectivity index (χ3n) is 2.30. The van der Waals surface area contributed by atoms with Gasteiger partial charge in [0.1, 0.15) is 5.75 Å². The Morgan fingerprint density at radius 3 is 2.79 bits per heavy atom. The number of aliphatic hydroxyl groups is 1. The number of rotatable bonds is 4. The van der Waals surface area contributed by atoms with Gasteiger partial charge >= 0.3 is 0 Å². The summed E-state index contributed by atoms with van der Waals surface area (Å²) in [7, 11) is 1.64. The second-order valence-corrected chi connectivity index (χ2v) is 3.35. The van der Waals surface area contributed by atoms with E-state index in [1.54, 1.807) is 7.11 Å². The minimum Gasteiger partial charge on any atom is -0.496 e. The molecule has 0 aromatic heterocycles. The van der Waals surface area contributed by atoms with Crippen LogP contribution in [0.15, 0.2) is 18.2 Å². The molecule has 0 aliphatic rings. The first-order chi connectivity index (χ1) is 6.69. The van der Waals surface area contributed by atoms with E-state index < -0.39 is 0 Å². The van der Waals surface area contributed by atoms with Gasteiger partial charge in [0, 0.05) is 12.6 Å². The summed E-state index contributed by atoms with van der Waals surface area (Å²) in [5.74, 6) is 0.843. The summed E-state index contributed by atoms with van der Waals surface area (Å²) in [4.78, 5) is 0. The van der Waals surface area contributed by atoms with E-state index in [1.165, 1.54) is 0 Å². The van der Waals surface area contributed by atoms with Crippen molar-refractivity contribution in [3.63, 3.8) is 0 Å². The molecule has 3 N–H and O–H groups in total. The molecule has 1 rings (SSSR count). The molecule has 1 atom stereocenters. The topological polar surface area (TPSA) is 55.5 Å². The van der Waals surface area contributed by atoms with Crippen LogP contribution in [0.3, 0.4) is 0 Å². The van der Waals surface area contributed by atoms with Gasteiger partial charge in [-0.3, -0.25) is 0 Å². The van der Waals surface area contributed by atoms with E-state index in [4.69, 9.17) is 15.6 Å². The van der Waals surface area contributed by atoms with Gasteiger partial charge in [0.25, 0.3) is 0 Å². The Bertz CT molecular complexity index is 299. The van der Waals surface area contributed by atoms with Gasteiger partial charge in [-0.05, 0) is 30.5 Å². The van der Waals surface area contributed by atoms with Crippen LogP contribution in [0.5, 0.6) is 5.75 Å². The van der Waals surface area contributed by atoms with E-state index in [0.29, 0.717) is 6.42 Å². The van der Waals surface area contributed by atoms with Gasteiger partial charge in [0.15, 0.2) is 0 Å². The van der Waals surface area contributed by atoms with Crippen LogP contribution in [0.1, 0.15) is 23.6 Å². The van der Waals surface area contributed by atoms with E-state index in [2.05, 4.69) is 0 Å². The van der Waals surface area contributed by atoms with E-state index in [9.17, 15) is 0 Å². The predicted molar refractivity (Wildman–Crippen MR) is 56.4 cm³/mol. The molecule has 0 spiro atoms. The van der Waals surface area contributed by atoms with Crippen molar-refractivity contribution in [3.05, 3.63) is 29.3 Å². The summed E-state index contributed by atoms with van der Waals surface area (Å²) in [5.41, 5.74) is 7.96. The van der Waals surface area contributed by atoms with E-state index >= 15 is 0 Å². The van der Waals surface area contributed by atoms with Crippen molar-refractivity contribution in [1.82, 2.24) is 0 Å². The zero-order valence-corrected chi connectivity index (χ0v) is 8.66. The summed E-state index contributed by atoms with van der Waals surface area (Å²) in [5, 5.41) is 8.77. The Labute approximate surface area is 84.5 Å².